The number of benzene rings is 1. The summed E-state index contributed by atoms with van der Waals surface area (Å²) in [5, 5.41) is 2.53. The predicted octanol–water partition coefficient (Wildman–Crippen LogP) is 2.41. The molecule has 1 amide bonds. The normalized spacial score (nSPS) is 11.4. The van der Waals surface area contributed by atoms with E-state index in [1.165, 1.54) is 29.0 Å². The molecule has 0 aliphatic heterocycles. The van der Waals surface area contributed by atoms with Crippen LogP contribution in [0.25, 0.3) is 0 Å². The van der Waals surface area contributed by atoms with Crippen LogP contribution < -0.4 is 5.32 Å². The zero-order chi connectivity index (χ0) is 20.0. The van der Waals surface area contributed by atoms with Crippen molar-refractivity contribution in [3.63, 3.8) is 0 Å². The maximum absolute atomic E-state index is 12.7. The molecule has 0 atom stereocenters. The van der Waals surface area contributed by atoms with Gasteiger partial charge in [0.15, 0.2) is 6.61 Å². The molecular formula is C18H22N2O6S. The van der Waals surface area contributed by atoms with E-state index in [1.54, 1.807) is 32.9 Å². The number of rotatable bonds is 8. The van der Waals surface area contributed by atoms with E-state index in [2.05, 4.69) is 5.32 Å². The van der Waals surface area contributed by atoms with Gasteiger partial charge >= 0.3 is 5.97 Å². The molecule has 146 valence electrons. The molecule has 1 heterocycles. The Kier molecular flexibility index (Phi) is 6.75. The Morgan fingerprint density at radius 1 is 1.19 bits per heavy atom. The van der Waals surface area contributed by atoms with Crippen molar-refractivity contribution in [3.05, 3.63) is 47.9 Å². The fraction of sp³-hybridized carbons (Fsp3) is 0.333. The van der Waals surface area contributed by atoms with Gasteiger partial charge in [-0.3, -0.25) is 4.79 Å². The van der Waals surface area contributed by atoms with E-state index >= 15 is 0 Å². The molecule has 0 bridgehead atoms. The van der Waals surface area contributed by atoms with Crippen LogP contribution in [0.5, 0.6) is 0 Å². The molecule has 1 aromatic carbocycles. The van der Waals surface area contributed by atoms with Gasteiger partial charge in [-0.2, -0.15) is 4.31 Å². The number of carbonyl (C=O) groups is 2. The minimum absolute atomic E-state index is 0.124. The number of ether oxygens (including phenoxy) is 1. The lowest BCUT2D eigenvalue weighted by molar-refractivity contribution is -0.119. The van der Waals surface area contributed by atoms with Gasteiger partial charge in [0.25, 0.3) is 5.91 Å². The SMILES string of the molecule is CCN(CC)S(=O)(=O)c1cc(NC(=O)COC(=O)c2ccoc2)ccc1C. The van der Waals surface area contributed by atoms with E-state index in [4.69, 9.17) is 9.15 Å². The minimum Gasteiger partial charge on any atom is -0.472 e. The summed E-state index contributed by atoms with van der Waals surface area (Å²) in [6.45, 7) is 5.40. The average molecular weight is 394 g/mol. The van der Waals surface area contributed by atoms with Crippen molar-refractivity contribution in [2.75, 3.05) is 25.0 Å². The summed E-state index contributed by atoms with van der Waals surface area (Å²) in [7, 11) is -3.66. The van der Waals surface area contributed by atoms with E-state index in [9.17, 15) is 18.0 Å². The van der Waals surface area contributed by atoms with Crippen LogP contribution in [-0.2, 0) is 19.6 Å². The Balaban J connectivity index is 2.09. The Bertz CT molecular complexity index is 902. The molecule has 0 unspecified atom stereocenters. The Labute approximate surface area is 158 Å². The lowest BCUT2D eigenvalue weighted by Crippen LogP contribution is -2.31. The van der Waals surface area contributed by atoms with Gasteiger partial charge in [0.2, 0.25) is 10.0 Å². The van der Waals surface area contributed by atoms with Gasteiger partial charge in [-0.15, -0.1) is 0 Å². The van der Waals surface area contributed by atoms with Crippen molar-refractivity contribution in [1.82, 2.24) is 4.31 Å². The largest absolute Gasteiger partial charge is 0.472 e. The molecular weight excluding hydrogens is 372 g/mol. The van der Waals surface area contributed by atoms with Crippen molar-refractivity contribution in [3.8, 4) is 0 Å². The number of anilines is 1. The first-order valence-electron chi connectivity index (χ1n) is 8.39. The molecule has 0 aliphatic rings. The number of hydrogen-bond donors (Lipinski definition) is 1. The van der Waals surface area contributed by atoms with Crippen molar-refractivity contribution in [1.29, 1.82) is 0 Å². The second-order valence-electron chi connectivity index (χ2n) is 5.71. The maximum Gasteiger partial charge on any atom is 0.341 e. The molecule has 0 fully saturated rings. The molecule has 27 heavy (non-hydrogen) atoms. The van der Waals surface area contributed by atoms with Crippen LogP contribution in [0.15, 0.2) is 46.1 Å². The lowest BCUT2D eigenvalue weighted by atomic mass is 10.2. The van der Waals surface area contributed by atoms with Crippen molar-refractivity contribution in [2.45, 2.75) is 25.7 Å². The molecule has 1 aromatic heterocycles. The maximum atomic E-state index is 12.7. The zero-order valence-corrected chi connectivity index (χ0v) is 16.2. The predicted molar refractivity (Wildman–Crippen MR) is 98.9 cm³/mol. The molecule has 0 spiro atoms. The molecule has 1 N–H and O–H groups in total. The number of hydrogen-bond acceptors (Lipinski definition) is 6. The van der Waals surface area contributed by atoms with Gasteiger partial charge < -0.3 is 14.5 Å². The highest BCUT2D eigenvalue weighted by molar-refractivity contribution is 7.89. The van der Waals surface area contributed by atoms with Gasteiger partial charge in [-0.05, 0) is 30.7 Å². The molecule has 0 saturated carbocycles. The summed E-state index contributed by atoms with van der Waals surface area (Å²) in [5.41, 5.74) is 1.08. The third kappa shape index (κ3) is 4.95. The monoisotopic (exact) mass is 394 g/mol. The Hall–Kier alpha value is -2.65. The van der Waals surface area contributed by atoms with Crippen molar-refractivity contribution >= 4 is 27.6 Å². The minimum atomic E-state index is -3.66. The first-order chi connectivity index (χ1) is 12.8. The molecule has 2 rings (SSSR count). The lowest BCUT2D eigenvalue weighted by Gasteiger charge is -2.20. The summed E-state index contributed by atoms with van der Waals surface area (Å²) < 4.78 is 36.5. The second kappa shape index (κ2) is 8.83. The van der Waals surface area contributed by atoms with Crippen molar-refractivity contribution < 1.29 is 27.2 Å². The third-order valence-electron chi connectivity index (χ3n) is 3.89. The van der Waals surface area contributed by atoms with Gasteiger partial charge in [-0.1, -0.05) is 19.9 Å². The van der Waals surface area contributed by atoms with Crippen LogP contribution in [0.3, 0.4) is 0 Å². The van der Waals surface area contributed by atoms with Gasteiger partial charge in [0.1, 0.15) is 6.26 Å². The summed E-state index contributed by atoms with van der Waals surface area (Å²) in [4.78, 5) is 23.8. The zero-order valence-electron chi connectivity index (χ0n) is 15.4. The standard InChI is InChI=1S/C18H22N2O6S/c1-4-20(5-2)27(23,24)16-10-15(7-6-13(16)3)19-17(21)12-26-18(22)14-8-9-25-11-14/h6-11H,4-5,12H2,1-3H3,(H,19,21). The van der Waals surface area contributed by atoms with Crippen LogP contribution in [0.4, 0.5) is 5.69 Å². The number of carbonyl (C=O) groups excluding carboxylic acids is 2. The highest BCUT2D eigenvalue weighted by atomic mass is 32.2. The van der Waals surface area contributed by atoms with E-state index in [0.717, 1.165) is 0 Å². The number of nitrogens with one attached hydrogen (secondary N) is 1. The summed E-state index contributed by atoms with van der Waals surface area (Å²) in [6, 6.07) is 6.03. The number of furan rings is 1. The summed E-state index contributed by atoms with van der Waals surface area (Å²) >= 11 is 0. The number of aryl methyl sites for hydroxylation is 1. The highest BCUT2D eigenvalue weighted by Gasteiger charge is 2.24. The molecule has 0 aliphatic carbocycles. The van der Waals surface area contributed by atoms with E-state index in [0.29, 0.717) is 24.3 Å². The first kappa shape index (κ1) is 20.7. The molecule has 9 heteroatoms. The number of amides is 1. The van der Waals surface area contributed by atoms with Crippen LogP contribution in [-0.4, -0.2) is 44.3 Å². The number of nitrogens with zero attached hydrogens (tertiary/aromatic N) is 1. The number of sulfonamides is 1. The highest BCUT2D eigenvalue weighted by Crippen LogP contribution is 2.23. The number of esters is 1. The van der Waals surface area contributed by atoms with Gasteiger partial charge in [-0.25, -0.2) is 13.2 Å². The first-order valence-corrected chi connectivity index (χ1v) is 9.83. The van der Waals surface area contributed by atoms with E-state index < -0.39 is 28.5 Å². The van der Waals surface area contributed by atoms with E-state index in [1.807, 2.05) is 0 Å². The third-order valence-corrected chi connectivity index (χ3v) is 6.08. The van der Waals surface area contributed by atoms with E-state index in [-0.39, 0.29) is 10.5 Å². The summed E-state index contributed by atoms with van der Waals surface area (Å²) in [5.74, 6) is -1.27. The van der Waals surface area contributed by atoms with Gasteiger partial charge in [0, 0.05) is 18.8 Å². The molecule has 8 nitrogen and oxygen atoms in total. The quantitative estimate of drug-likeness (QED) is 0.689. The summed E-state index contributed by atoms with van der Waals surface area (Å²) in [6.07, 6.45) is 2.53. The van der Waals surface area contributed by atoms with Crippen LogP contribution in [0.2, 0.25) is 0 Å². The molecule has 0 radical (unpaired) electrons. The second-order valence-corrected chi connectivity index (χ2v) is 7.61. The fourth-order valence-electron chi connectivity index (χ4n) is 2.45. The van der Waals surface area contributed by atoms with Crippen LogP contribution in [0.1, 0.15) is 29.8 Å². The van der Waals surface area contributed by atoms with Crippen LogP contribution in [0, 0.1) is 6.92 Å². The smallest absolute Gasteiger partial charge is 0.341 e. The van der Waals surface area contributed by atoms with Gasteiger partial charge in [0.05, 0.1) is 16.7 Å². The van der Waals surface area contributed by atoms with Crippen molar-refractivity contribution in [2.24, 2.45) is 0 Å². The average Bonchev–Trinajstić information content (AvgIpc) is 3.16. The van der Waals surface area contributed by atoms with Crippen LogP contribution >= 0.6 is 0 Å². The molecule has 0 saturated heterocycles. The fourth-order valence-corrected chi connectivity index (χ4v) is 4.16. The Morgan fingerprint density at radius 3 is 2.48 bits per heavy atom. The molecule has 2 aromatic rings. The Morgan fingerprint density at radius 2 is 1.89 bits per heavy atom. The topological polar surface area (TPSA) is 106 Å².